The summed E-state index contributed by atoms with van der Waals surface area (Å²) in [5.41, 5.74) is 4.48. The first kappa shape index (κ1) is 30.1. The molecular formula is C35H38N4O6. The Morgan fingerprint density at radius 1 is 1.11 bits per heavy atom. The van der Waals surface area contributed by atoms with Gasteiger partial charge < -0.3 is 29.5 Å². The van der Waals surface area contributed by atoms with Crippen molar-refractivity contribution in [2.24, 2.45) is 13.0 Å². The Balaban J connectivity index is 1.44. The van der Waals surface area contributed by atoms with Crippen molar-refractivity contribution in [2.75, 3.05) is 26.8 Å². The van der Waals surface area contributed by atoms with Crippen LogP contribution in [0, 0.1) is 5.92 Å². The summed E-state index contributed by atoms with van der Waals surface area (Å²) in [6, 6.07) is 17.7. The van der Waals surface area contributed by atoms with Crippen LogP contribution >= 0.6 is 0 Å². The van der Waals surface area contributed by atoms with E-state index in [1.165, 1.54) is 12.1 Å². The maximum atomic E-state index is 14.3. The molecule has 3 aliphatic rings. The molecule has 0 spiro atoms. The fraction of sp³-hybridized carbons (Fsp3) is 0.343. The summed E-state index contributed by atoms with van der Waals surface area (Å²) in [4.78, 5) is 29.0. The summed E-state index contributed by atoms with van der Waals surface area (Å²) < 4.78 is 19.6. The van der Waals surface area contributed by atoms with Gasteiger partial charge in [-0.05, 0) is 90.4 Å². The van der Waals surface area contributed by atoms with Crippen molar-refractivity contribution in [3.05, 3.63) is 94.3 Å². The quantitative estimate of drug-likeness (QED) is 0.317. The summed E-state index contributed by atoms with van der Waals surface area (Å²) in [6.07, 6.45) is 1.93. The third-order valence-electron chi connectivity index (χ3n) is 8.19. The second-order valence-corrected chi connectivity index (χ2v) is 11.9. The molecule has 0 saturated carbocycles. The second-order valence-electron chi connectivity index (χ2n) is 11.9. The number of hydrogen-bond acceptors (Lipinski definition) is 7. The molecule has 3 aromatic carbocycles. The van der Waals surface area contributed by atoms with Gasteiger partial charge in [0.1, 0.15) is 22.9 Å². The van der Waals surface area contributed by atoms with Crippen molar-refractivity contribution >= 4 is 11.8 Å². The number of ether oxygens (including phenoxy) is 3. The van der Waals surface area contributed by atoms with E-state index in [1.54, 1.807) is 17.9 Å². The number of benzene rings is 3. The smallest absolute Gasteiger partial charge is 0.272 e. The van der Waals surface area contributed by atoms with Crippen LogP contribution in [-0.4, -0.2) is 58.4 Å². The van der Waals surface area contributed by atoms with Gasteiger partial charge in [0, 0.05) is 20.1 Å². The molecule has 0 radical (unpaired) electrons. The molecule has 1 atom stereocenters. The number of aromatic hydroxyl groups is 1. The number of nitrogens with zero attached hydrogens (tertiary/aromatic N) is 3. The Bertz CT molecular complexity index is 1750. The van der Waals surface area contributed by atoms with Crippen LogP contribution in [-0.2, 0) is 19.9 Å². The van der Waals surface area contributed by atoms with Gasteiger partial charge in [0.15, 0.2) is 11.5 Å². The highest BCUT2D eigenvalue weighted by molar-refractivity contribution is 5.97. The minimum atomic E-state index is -0.401. The summed E-state index contributed by atoms with van der Waals surface area (Å²) in [6.45, 7) is 5.41. The van der Waals surface area contributed by atoms with Crippen LogP contribution in [0.4, 0.5) is 0 Å². The fourth-order valence-corrected chi connectivity index (χ4v) is 6.06. The zero-order valence-electron chi connectivity index (χ0n) is 26.0. The minimum absolute atomic E-state index is 0.0937. The number of rotatable bonds is 4. The molecule has 7 rings (SSSR count). The first-order valence-electron chi connectivity index (χ1n) is 15.3. The number of amides is 2. The van der Waals surface area contributed by atoms with Crippen LogP contribution in [0.2, 0.25) is 0 Å². The number of aryl methyl sites for hydroxylation is 1. The lowest BCUT2D eigenvalue weighted by Gasteiger charge is -2.38. The minimum Gasteiger partial charge on any atom is -0.507 e. The molecule has 10 heteroatoms. The van der Waals surface area contributed by atoms with Gasteiger partial charge in [-0.2, -0.15) is 5.10 Å². The van der Waals surface area contributed by atoms with Gasteiger partial charge in [-0.25, -0.2) is 0 Å². The van der Waals surface area contributed by atoms with Crippen molar-refractivity contribution < 1.29 is 28.9 Å². The van der Waals surface area contributed by atoms with Gasteiger partial charge >= 0.3 is 0 Å². The first-order chi connectivity index (χ1) is 21.7. The average molecular weight is 611 g/mol. The number of aromatic nitrogens is 2. The van der Waals surface area contributed by atoms with Gasteiger partial charge in [0.25, 0.3) is 11.8 Å². The van der Waals surface area contributed by atoms with Gasteiger partial charge in [-0.1, -0.05) is 26.0 Å². The molecule has 234 valence electrons. The van der Waals surface area contributed by atoms with Gasteiger partial charge in [-0.15, -0.1) is 0 Å². The molecule has 45 heavy (non-hydrogen) atoms. The summed E-state index contributed by atoms with van der Waals surface area (Å²) >= 11 is 0. The van der Waals surface area contributed by atoms with Crippen molar-refractivity contribution in [3.8, 4) is 28.7 Å². The molecule has 4 aromatic rings. The highest BCUT2D eigenvalue weighted by Gasteiger charge is 2.35. The van der Waals surface area contributed by atoms with Gasteiger partial charge in [-0.3, -0.25) is 14.3 Å². The second kappa shape index (κ2) is 12.6. The highest BCUT2D eigenvalue weighted by Crippen LogP contribution is 2.41. The number of nitrogens with one attached hydrogen (secondary N) is 1. The predicted octanol–water partition coefficient (Wildman–Crippen LogP) is 5.43. The lowest BCUT2D eigenvalue weighted by atomic mass is 9.87. The highest BCUT2D eigenvalue weighted by atomic mass is 16.5. The van der Waals surface area contributed by atoms with Crippen LogP contribution in [0.3, 0.4) is 0 Å². The number of phenolic OH excluding ortho intramolecular Hbond substituents is 1. The largest absolute Gasteiger partial charge is 0.507 e. The van der Waals surface area contributed by atoms with Crippen molar-refractivity contribution in [1.82, 2.24) is 20.0 Å². The average Bonchev–Trinajstić information content (AvgIpc) is 3.39. The van der Waals surface area contributed by atoms with Crippen LogP contribution in [0.1, 0.15) is 69.5 Å². The predicted molar refractivity (Wildman–Crippen MR) is 168 cm³/mol. The molecule has 8 bridgehead atoms. The molecule has 10 nitrogen and oxygen atoms in total. The Hall–Kier alpha value is -4.99. The van der Waals surface area contributed by atoms with Gasteiger partial charge in [0.2, 0.25) is 0 Å². The SMILES string of the molecule is COc1ccc2cc1OCCCNC(=O)c1cc(ccc1O)Oc1ccc3c(c1)CCN(C(=O)c1cc(CC(C)C)nn1C)C23. The number of methoxy groups -OCH3 is 1. The molecule has 4 heterocycles. The Morgan fingerprint density at radius 3 is 2.71 bits per heavy atom. The Labute approximate surface area is 262 Å². The van der Waals surface area contributed by atoms with Crippen LogP contribution in [0.5, 0.6) is 28.7 Å². The monoisotopic (exact) mass is 610 g/mol. The van der Waals surface area contributed by atoms with Crippen LogP contribution in [0.15, 0.2) is 60.7 Å². The van der Waals surface area contributed by atoms with Crippen LogP contribution < -0.4 is 19.5 Å². The van der Waals surface area contributed by atoms with E-state index in [0.717, 1.165) is 28.8 Å². The molecule has 2 N–H and O–H groups in total. The maximum Gasteiger partial charge on any atom is 0.272 e. The normalized spacial score (nSPS) is 16.3. The molecule has 0 fully saturated rings. The number of carbonyl (C=O) groups excluding carboxylic acids is 2. The lowest BCUT2D eigenvalue weighted by Crippen LogP contribution is -2.41. The lowest BCUT2D eigenvalue weighted by molar-refractivity contribution is 0.0682. The molecule has 3 aliphatic heterocycles. The number of phenols is 1. The van der Waals surface area contributed by atoms with Crippen LogP contribution in [0.25, 0.3) is 0 Å². The summed E-state index contributed by atoms with van der Waals surface area (Å²) in [7, 11) is 3.41. The summed E-state index contributed by atoms with van der Waals surface area (Å²) in [5, 5.41) is 17.8. The molecular weight excluding hydrogens is 572 g/mol. The van der Waals surface area contributed by atoms with E-state index in [4.69, 9.17) is 14.2 Å². The van der Waals surface area contributed by atoms with Crippen molar-refractivity contribution in [1.29, 1.82) is 0 Å². The molecule has 2 amide bonds. The van der Waals surface area contributed by atoms with E-state index in [1.807, 2.05) is 54.4 Å². The standard InChI is InChI=1S/C35H38N4O6/c1-21(2)16-24-19-29(38(3)37-24)35(42)39-14-12-22-17-25-7-9-27(22)33(39)23-6-11-31(43-4)32(18-23)44-15-5-13-36-34(41)28-20-26(45-25)8-10-30(28)40/h6-11,17-21,33,40H,5,12-16H2,1-4H3,(H,36,41). The molecule has 1 aromatic heterocycles. The third kappa shape index (κ3) is 6.18. The molecule has 0 saturated heterocycles. The van der Waals surface area contributed by atoms with Gasteiger partial charge in [0.05, 0.1) is 31.0 Å². The van der Waals surface area contributed by atoms with E-state index >= 15 is 0 Å². The van der Waals surface area contributed by atoms with E-state index in [0.29, 0.717) is 67.1 Å². The zero-order valence-corrected chi connectivity index (χ0v) is 26.0. The number of fused-ring (bicyclic) bond motifs is 6. The number of hydrogen-bond donors (Lipinski definition) is 2. The maximum absolute atomic E-state index is 14.3. The fourth-order valence-electron chi connectivity index (χ4n) is 6.06. The van der Waals surface area contributed by atoms with E-state index in [9.17, 15) is 14.7 Å². The van der Waals surface area contributed by atoms with E-state index in [-0.39, 0.29) is 17.2 Å². The molecule has 1 unspecified atom stereocenters. The summed E-state index contributed by atoms with van der Waals surface area (Å²) in [5.74, 6) is 1.94. The number of carbonyl (C=O) groups is 2. The zero-order chi connectivity index (χ0) is 31.7. The topological polar surface area (TPSA) is 115 Å². The van der Waals surface area contributed by atoms with E-state index < -0.39 is 11.9 Å². The van der Waals surface area contributed by atoms with E-state index in [2.05, 4.69) is 24.3 Å². The third-order valence-corrected chi connectivity index (χ3v) is 8.19. The first-order valence-corrected chi connectivity index (χ1v) is 15.3. The van der Waals surface area contributed by atoms with Crippen molar-refractivity contribution in [2.45, 2.75) is 39.2 Å². The Morgan fingerprint density at radius 2 is 1.91 bits per heavy atom. The Kier molecular flexibility index (Phi) is 8.38. The molecule has 0 aliphatic carbocycles. The van der Waals surface area contributed by atoms with Crippen molar-refractivity contribution in [3.63, 3.8) is 0 Å².